The van der Waals surface area contributed by atoms with Crippen LogP contribution in [0.4, 0.5) is 0 Å². The van der Waals surface area contributed by atoms with Crippen LogP contribution in [-0.4, -0.2) is 6.29 Å². The summed E-state index contributed by atoms with van der Waals surface area (Å²) in [6.07, 6.45) is 4.87. The van der Waals surface area contributed by atoms with Gasteiger partial charge in [-0.1, -0.05) is 12.1 Å². The van der Waals surface area contributed by atoms with Crippen LogP contribution in [0.5, 0.6) is 5.75 Å². The summed E-state index contributed by atoms with van der Waals surface area (Å²) >= 11 is 0. The van der Waals surface area contributed by atoms with Crippen LogP contribution in [0.2, 0.25) is 0 Å². The lowest BCUT2D eigenvalue weighted by Gasteiger charge is -2.15. The first kappa shape index (κ1) is 8.72. The molecule has 0 saturated heterocycles. The Kier molecular flexibility index (Phi) is 1.88. The second-order valence-corrected chi connectivity index (χ2v) is 4.19. The number of aldehydes is 1. The average molecular weight is 200 g/mol. The highest BCUT2D eigenvalue weighted by atomic mass is 16.5. The van der Waals surface area contributed by atoms with E-state index in [-0.39, 0.29) is 0 Å². The molecule has 3 rings (SSSR count). The van der Waals surface area contributed by atoms with E-state index < -0.39 is 0 Å². The molecule has 0 amide bonds. The number of carbonyl (C=O) groups is 1. The van der Waals surface area contributed by atoms with Gasteiger partial charge in [-0.05, 0) is 36.1 Å². The number of rotatable bonds is 4. The Hall–Kier alpha value is -1.57. The summed E-state index contributed by atoms with van der Waals surface area (Å²) in [5, 5.41) is 0. The number of benzene rings is 1. The molecule has 2 atom stereocenters. The van der Waals surface area contributed by atoms with E-state index in [2.05, 4.69) is 6.08 Å². The van der Waals surface area contributed by atoms with Gasteiger partial charge in [-0.15, -0.1) is 0 Å². The van der Waals surface area contributed by atoms with Crippen LogP contribution in [0.1, 0.15) is 12.0 Å². The molecule has 0 aromatic heterocycles. The van der Waals surface area contributed by atoms with Crippen LogP contribution in [0, 0.1) is 11.8 Å². The zero-order chi connectivity index (χ0) is 10.3. The SMILES string of the molecule is O=CCc1ccc(OC2=CC3CC23)cc1. The van der Waals surface area contributed by atoms with E-state index in [1.165, 1.54) is 6.42 Å². The van der Waals surface area contributed by atoms with Crippen molar-refractivity contribution in [3.05, 3.63) is 41.7 Å². The van der Waals surface area contributed by atoms with E-state index in [1.54, 1.807) is 0 Å². The normalized spacial score (nSPS) is 26.0. The maximum absolute atomic E-state index is 10.3. The fourth-order valence-electron chi connectivity index (χ4n) is 1.98. The molecule has 1 aromatic rings. The van der Waals surface area contributed by atoms with Crippen LogP contribution in [-0.2, 0) is 11.2 Å². The van der Waals surface area contributed by atoms with Crippen molar-refractivity contribution in [2.24, 2.45) is 11.8 Å². The minimum atomic E-state index is 0.480. The molecule has 2 heteroatoms. The van der Waals surface area contributed by atoms with Gasteiger partial charge in [0, 0.05) is 12.3 Å². The van der Waals surface area contributed by atoms with Gasteiger partial charge in [-0.25, -0.2) is 0 Å². The number of carbonyl (C=O) groups excluding carboxylic acids is 1. The standard InChI is InChI=1S/C13H12O2/c14-6-5-9-1-3-11(4-2-9)15-13-8-10-7-12(10)13/h1-4,6,8,10,12H,5,7H2. The predicted molar refractivity (Wildman–Crippen MR) is 56.5 cm³/mol. The highest BCUT2D eigenvalue weighted by molar-refractivity contribution is 5.55. The summed E-state index contributed by atoms with van der Waals surface area (Å²) in [7, 11) is 0. The number of hydrogen-bond donors (Lipinski definition) is 0. The van der Waals surface area contributed by atoms with Crippen molar-refractivity contribution >= 4 is 6.29 Å². The van der Waals surface area contributed by atoms with E-state index in [0.717, 1.165) is 29.3 Å². The Bertz CT molecular complexity index is 417. The molecule has 0 radical (unpaired) electrons. The number of hydrogen-bond acceptors (Lipinski definition) is 2. The van der Waals surface area contributed by atoms with Crippen molar-refractivity contribution < 1.29 is 9.53 Å². The maximum Gasteiger partial charge on any atom is 0.126 e. The number of fused-ring (bicyclic) bond motifs is 1. The Morgan fingerprint density at radius 2 is 2.13 bits per heavy atom. The third kappa shape index (κ3) is 1.56. The quantitative estimate of drug-likeness (QED) is 0.697. The summed E-state index contributed by atoms with van der Waals surface area (Å²) < 4.78 is 5.71. The number of ether oxygens (including phenoxy) is 1. The second kappa shape index (κ2) is 3.23. The third-order valence-corrected chi connectivity index (χ3v) is 3.06. The fourth-order valence-corrected chi connectivity index (χ4v) is 1.98. The van der Waals surface area contributed by atoms with Crippen molar-refractivity contribution in [1.82, 2.24) is 0 Å². The van der Waals surface area contributed by atoms with Gasteiger partial charge in [0.25, 0.3) is 0 Å². The van der Waals surface area contributed by atoms with Crippen molar-refractivity contribution in [3.8, 4) is 5.75 Å². The largest absolute Gasteiger partial charge is 0.462 e. The van der Waals surface area contributed by atoms with E-state index in [4.69, 9.17) is 4.74 Å². The van der Waals surface area contributed by atoms with Gasteiger partial charge in [-0.3, -0.25) is 0 Å². The molecule has 2 nitrogen and oxygen atoms in total. The molecule has 0 heterocycles. The predicted octanol–water partition coefficient (Wildman–Crippen LogP) is 2.34. The van der Waals surface area contributed by atoms with Gasteiger partial charge in [0.2, 0.25) is 0 Å². The van der Waals surface area contributed by atoms with Crippen molar-refractivity contribution in [1.29, 1.82) is 0 Å². The smallest absolute Gasteiger partial charge is 0.126 e. The van der Waals surface area contributed by atoms with Crippen molar-refractivity contribution in [2.45, 2.75) is 12.8 Å². The summed E-state index contributed by atoms with van der Waals surface area (Å²) in [5.74, 6) is 3.53. The second-order valence-electron chi connectivity index (χ2n) is 4.19. The summed E-state index contributed by atoms with van der Waals surface area (Å²) in [4.78, 5) is 10.3. The molecular formula is C13H12O2. The molecular weight excluding hydrogens is 188 g/mol. The fraction of sp³-hybridized carbons (Fsp3) is 0.308. The Morgan fingerprint density at radius 3 is 2.67 bits per heavy atom. The zero-order valence-electron chi connectivity index (χ0n) is 8.35. The first-order chi connectivity index (χ1) is 7.36. The van der Waals surface area contributed by atoms with Crippen LogP contribution in [0.3, 0.4) is 0 Å². The summed E-state index contributed by atoms with van der Waals surface area (Å²) in [5.41, 5.74) is 1.03. The molecule has 0 N–H and O–H groups in total. The Labute approximate surface area is 88.6 Å². The van der Waals surface area contributed by atoms with Gasteiger partial charge in [0.15, 0.2) is 0 Å². The molecule has 2 aliphatic carbocycles. The zero-order valence-corrected chi connectivity index (χ0v) is 8.35. The first-order valence-corrected chi connectivity index (χ1v) is 5.29. The Morgan fingerprint density at radius 1 is 1.33 bits per heavy atom. The minimum absolute atomic E-state index is 0.480. The molecule has 2 aliphatic rings. The lowest BCUT2D eigenvalue weighted by atomic mass is 10.1. The molecule has 0 spiro atoms. The lowest BCUT2D eigenvalue weighted by molar-refractivity contribution is -0.107. The minimum Gasteiger partial charge on any atom is -0.462 e. The summed E-state index contributed by atoms with van der Waals surface area (Å²) in [6, 6.07) is 7.73. The van der Waals surface area contributed by atoms with Crippen LogP contribution in [0.15, 0.2) is 36.1 Å². The average Bonchev–Trinajstić information content (AvgIpc) is 2.89. The topological polar surface area (TPSA) is 26.3 Å². The number of allylic oxidation sites excluding steroid dienone is 2. The molecule has 0 bridgehead atoms. The highest BCUT2D eigenvalue weighted by Gasteiger charge is 2.48. The monoisotopic (exact) mass is 200 g/mol. The molecule has 1 saturated carbocycles. The van der Waals surface area contributed by atoms with Gasteiger partial charge < -0.3 is 9.53 Å². The van der Waals surface area contributed by atoms with E-state index >= 15 is 0 Å². The van der Waals surface area contributed by atoms with Gasteiger partial charge in [-0.2, -0.15) is 0 Å². The van der Waals surface area contributed by atoms with E-state index in [0.29, 0.717) is 12.3 Å². The maximum atomic E-state index is 10.3. The lowest BCUT2D eigenvalue weighted by Crippen LogP contribution is -2.06. The van der Waals surface area contributed by atoms with Gasteiger partial charge in [0.05, 0.1) is 0 Å². The molecule has 76 valence electrons. The highest BCUT2D eigenvalue weighted by Crippen LogP contribution is 2.54. The first-order valence-electron chi connectivity index (χ1n) is 5.29. The molecule has 2 unspecified atom stereocenters. The van der Waals surface area contributed by atoms with E-state index in [9.17, 15) is 4.79 Å². The third-order valence-electron chi connectivity index (χ3n) is 3.06. The Balaban J connectivity index is 1.67. The van der Waals surface area contributed by atoms with Crippen LogP contribution in [0.25, 0.3) is 0 Å². The van der Waals surface area contributed by atoms with Crippen LogP contribution >= 0.6 is 0 Å². The molecule has 15 heavy (non-hydrogen) atoms. The van der Waals surface area contributed by atoms with Gasteiger partial charge in [0.1, 0.15) is 17.8 Å². The molecule has 1 fully saturated rings. The van der Waals surface area contributed by atoms with Crippen LogP contribution < -0.4 is 4.74 Å². The summed E-state index contributed by atoms with van der Waals surface area (Å²) in [6.45, 7) is 0. The van der Waals surface area contributed by atoms with Gasteiger partial charge >= 0.3 is 0 Å². The molecule has 1 aromatic carbocycles. The van der Waals surface area contributed by atoms with Crippen molar-refractivity contribution in [2.75, 3.05) is 0 Å². The van der Waals surface area contributed by atoms with Crippen molar-refractivity contribution in [3.63, 3.8) is 0 Å². The van der Waals surface area contributed by atoms with E-state index in [1.807, 2.05) is 24.3 Å². The molecule has 0 aliphatic heterocycles.